The van der Waals surface area contributed by atoms with Crippen LogP contribution in [0.2, 0.25) is 10.0 Å². The zero-order chi connectivity index (χ0) is 12.0. The van der Waals surface area contributed by atoms with E-state index in [0.29, 0.717) is 16.1 Å². The van der Waals surface area contributed by atoms with E-state index in [1.165, 1.54) is 0 Å². The lowest BCUT2D eigenvalue weighted by Crippen LogP contribution is -2.35. The second-order valence-electron chi connectivity index (χ2n) is 3.84. The molecule has 4 heteroatoms. The fraction of sp³-hybridized carbons (Fsp3) is 0.500. The molecule has 0 radical (unpaired) electrons. The Balaban J connectivity index is 2.39. The summed E-state index contributed by atoms with van der Waals surface area (Å²) in [6.07, 6.45) is 0. The van der Waals surface area contributed by atoms with Gasteiger partial charge in [-0.15, -0.1) is 0 Å². The zero-order valence-electron chi connectivity index (χ0n) is 9.69. The molecule has 1 rings (SSSR count). The van der Waals surface area contributed by atoms with E-state index in [4.69, 9.17) is 23.2 Å². The van der Waals surface area contributed by atoms with E-state index in [0.717, 1.165) is 25.2 Å². The topological polar surface area (TPSA) is 24.1 Å². The number of likely N-dealkylation sites (N-methyl/N-ethyl adjacent to an activating group) is 1. The van der Waals surface area contributed by atoms with Crippen molar-refractivity contribution >= 4 is 23.2 Å². The van der Waals surface area contributed by atoms with Crippen LogP contribution in [0, 0.1) is 0 Å². The van der Waals surface area contributed by atoms with Crippen LogP contribution in [0.3, 0.4) is 0 Å². The molecule has 1 atom stereocenters. The predicted octanol–water partition coefficient (Wildman–Crippen LogP) is 3.08. The zero-order valence-corrected chi connectivity index (χ0v) is 11.2. The standard InChI is InChI=1S/C12H18Cl2N2/c1-3-15-7-9(2)16-8-10-4-5-11(13)12(14)6-10/h4-6,9,15-16H,3,7-8H2,1-2H3. The Morgan fingerprint density at radius 2 is 2.00 bits per heavy atom. The van der Waals surface area contributed by atoms with Gasteiger partial charge in [0.2, 0.25) is 0 Å². The van der Waals surface area contributed by atoms with E-state index in [2.05, 4.69) is 24.5 Å². The fourth-order valence-corrected chi connectivity index (χ4v) is 1.70. The lowest BCUT2D eigenvalue weighted by atomic mass is 10.2. The van der Waals surface area contributed by atoms with Gasteiger partial charge in [-0.05, 0) is 31.2 Å². The minimum absolute atomic E-state index is 0.439. The van der Waals surface area contributed by atoms with E-state index in [1.807, 2.05) is 18.2 Å². The third-order valence-corrected chi connectivity index (χ3v) is 3.08. The third-order valence-electron chi connectivity index (χ3n) is 2.34. The molecule has 0 heterocycles. The van der Waals surface area contributed by atoms with Gasteiger partial charge in [0.05, 0.1) is 10.0 Å². The molecule has 0 aliphatic carbocycles. The highest BCUT2D eigenvalue weighted by atomic mass is 35.5. The summed E-state index contributed by atoms with van der Waals surface area (Å²) in [6, 6.07) is 6.16. The van der Waals surface area contributed by atoms with Gasteiger partial charge in [-0.1, -0.05) is 36.2 Å². The first-order chi connectivity index (χ1) is 7.63. The summed E-state index contributed by atoms with van der Waals surface area (Å²) in [5.41, 5.74) is 1.15. The normalized spacial score (nSPS) is 12.8. The molecule has 0 fully saturated rings. The quantitative estimate of drug-likeness (QED) is 0.822. The van der Waals surface area contributed by atoms with Gasteiger partial charge in [-0.3, -0.25) is 0 Å². The maximum Gasteiger partial charge on any atom is 0.0595 e. The smallest absolute Gasteiger partial charge is 0.0595 e. The highest BCUT2D eigenvalue weighted by molar-refractivity contribution is 6.42. The van der Waals surface area contributed by atoms with Gasteiger partial charge in [0, 0.05) is 19.1 Å². The van der Waals surface area contributed by atoms with Crippen molar-refractivity contribution in [2.75, 3.05) is 13.1 Å². The molecule has 1 unspecified atom stereocenters. The van der Waals surface area contributed by atoms with Gasteiger partial charge in [-0.2, -0.15) is 0 Å². The predicted molar refractivity (Wildman–Crippen MR) is 71.3 cm³/mol. The van der Waals surface area contributed by atoms with Crippen LogP contribution in [-0.2, 0) is 6.54 Å². The van der Waals surface area contributed by atoms with Gasteiger partial charge >= 0.3 is 0 Å². The Morgan fingerprint density at radius 3 is 2.62 bits per heavy atom. The molecule has 0 aliphatic rings. The number of nitrogens with one attached hydrogen (secondary N) is 2. The van der Waals surface area contributed by atoms with Crippen LogP contribution in [0.5, 0.6) is 0 Å². The monoisotopic (exact) mass is 260 g/mol. The van der Waals surface area contributed by atoms with Crippen molar-refractivity contribution in [1.82, 2.24) is 10.6 Å². The molecular formula is C12H18Cl2N2. The lowest BCUT2D eigenvalue weighted by molar-refractivity contribution is 0.509. The second kappa shape index (κ2) is 7.13. The SMILES string of the molecule is CCNCC(C)NCc1ccc(Cl)c(Cl)c1. The first-order valence-electron chi connectivity index (χ1n) is 5.51. The van der Waals surface area contributed by atoms with Crippen molar-refractivity contribution in [3.8, 4) is 0 Å². The van der Waals surface area contributed by atoms with E-state index >= 15 is 0 Å². The lowest BCUT2D eigenvalue weighted by Gasteiger charge is -2.14. The van der Waals surface area contributed by atoms with Gasteiger partial charge in [0.25, 0.3) is 0 Å². The number of halogens is 2. The first-order valence-corrected chi connectivity index (χ1v) is 6.27. The molecule has 0 spiro atoms. The minimum Gasteiger partial charge on any atom is -0.315 e. The maximum atomic E-state index is 5.94. The number of rotatable bonds is 6. The molecule has 0 saturated carbocycles. The Hall–Kier alpha value is -0.280. The van der Waals surface area contributed by atoms with Crippen LogP contribution in [0.25, 0.3) is 0 Å². The van der Waals surface area contributed by atoms with Gasteiger partial charge in [0.1, 0.15) is 0 Å². The number of hydrogen-bond donors (Lipinski definition) is 2. The van der Waals surface area contributed by atoms with Crippen LogP contribution < -0.4 is 10.6 Å². The summed E-state index contributed by atoms with van der Waals surface area (Å²) >= 11 is 11.8. The fourth-order valence-electron chi connectivity index (χ4n) is 1.37. The van der Waals surface area contributed by atoms with E-state index < -0.39 is 0 Å². The van der Waals surface area contributed by atoms with Crippen molar-refractivity contribution in [3.05, 3.63) is 33.8 Å². The molecule has 2 nitrogen and oxygen atoms in total. The van der Waals surface area contributed by atoms with E-state index in [-0.39, 0.29) is 0 Å². The Kier molecular flexibility index (Phi) is 6.14. The average molecular weight is 261 g/mol. The number of benzene rings is 1. The van der Waals surface area contributed by atoms with Crippen LogP contribution in [0.1, 0.15) is 19.4 Å². The highest BCUT2D eigenvalue weighted by Gasteiger charge is 2.02. The first kappa shape index (κ1) is 13.8. The molecule has 90 valence electrons. The van der Waals surface area contributed by atoms with E-state index in [9.17, 15) is 0 Å². The van der Waals surface area contributed by atoms with Gasteiger partial charge < -0.3 is 10.6 Å². The molecular weight excluding hydrogens is 243 g/mol. The molecule has 0 saturated heterocycles. The third kappa shape index (κ3) is 4.71. The Labute approximate surface area is 107 Å². The van der Waals surface area contributed by atoms with Crippen molar-refractivity contribution < 1.29 is 0 Å². The largest absolute Gasteiger partial charge is 0.315 e. The van der Waals surface area contributed by atoms with Gasteiger partial charge in [-0.25, -0.2) is 0 Å². The van der Waals surface area contributed by atoms with Crippen molar-refractivity contribution in [2.24, 2.45) is 0 Å². The molecule has 1 aromatic carbocycles. The van der Waals surface area contributed by atoms with Crippen molar-refractivity contribution in [3.63, 3.8) is 0 Å². The maximum absolute atomic E-state index is 5.94. The summed E-state index contributed by atoms with van der Waals surface area (Å²) in [5.74, 6) is 0. The average Bonchev–Trinajstić information content (AvgIpc) is 2.28. The number of hydrogen-bond acceptors (Lipinski definition) is 2. The van der Waals surface area contributed by atoms with Crippen molar-refractivity contribution in [1.29, 1.82) is 0 Å². The van der Waals surface area contributed by atoms with Crippen LogP contribution in [-0.4, -0.2) is 19.1 Å². The molecule has 1 aromatic rings. The molecule has 0 amide bonds. The molecule has 2 N–H and O–H groups in total. The molecule has 0 aromatic heterocycles. The van der Waals surface area contributed by atoms with Crippen LogP contribution in [0.15, 0.2) is 18.2 Å². The summed E-state index contributed by atoms with van der Waals surface area (Å²) in [6.45, 7) is 7.03. The summed E-state index contributed by atoms with van der Waals surface area (Å²) in [4.78, 5) is 0. The van der Waals surface area contributed by atoms with Crippen molar-refractivity contribution in [2.45, 2.75) is 26.4 Å². The minimum atomic E-state index is 0.439. The van der Waals surface area contributed by atoms with Crippen LogP contribution >= 0.6 is 23.2 Å². The highest BCUT2D eigenvalue weighted by Crippen LogP contribution is 2.22. The summed E-state index contributed by atoms with van der Waals surface area (Å²) in [5, 5.41) is 7.93. The Morgan fingerprint density at radius 1 is 1.25 bits per heavy atom. The van der Waals surface area contributed by atoms with E-state index in [1.54, 1.807) is 0 Å². The summed E-state index contributed by atoms with van der Waals surface area (Å²) < 4.78 is 0. The van der Waals surface area contributed by atoms with Gasteiger partial charge in [0.15, 0.2) is 0 Å². The molecule has 0 bridgehead atoms. The molecule has 16 heavy (non-hydrogen) atoms. The Bertz CT molecular complexity index is 329. The second-order valence-corrected chi connectivity index (χ2v) is 4.65. The molecule has 0 aliphatic heterocycles. The summed E-state index contributed by atoms with van der Waals surface area (Å²) in [7, 11) is 0. The van der Waals surface area contributed by atoms with Crippen LogP contribution in [0.4, 0.5) is 0 Å².